The van der Waals surface area contributed by atoms with Crippen LogP contribution in [0.4, 0.5) is 43.4 Å². The predicted octanol–water partition coefficient (Wildman–Crippen LogP) is 10.6. The van der Waals surface area contributed by atoms with Crippen LogP contribution in [0.1, 0.15) is 134 Å². The van der Waals surface area contributed by atoms with Crippen molar-refractivity contribution in [3.8, 4) is 22.8 Å². The van der Waals surface area contributed by atoms with Crippen LogP contribution in [0.5, 0.6) is 0 Å². The van der Waals surface area contributed by atoms with Crippen molar-refractivity contribution in [1.82, 2.24) is 59.2 Å². The molecule has 4 amide bonds. The number of aromatic nitrogens is 8. The summed E-state index contributed by atoms with van der Waals surface area (Å²) in [7, 11) is -3.83. The van der Waals surface area contributed by atoms with Gasteiger partial charge in [-0.15, -0.1) is 10.2 Å². The average molecular weight is 1710 g/mol. The summed E-state index contributed by atoms with van der Waals surface area (Å²) in [6, 6.07) is 49.1. The largest absolute Gasteiger partial charge is 0.371 e. The number of hydrogen-bond donors (Lipinski definition) is 1. The summed E-state index contributed by atoms with van der Waals surface area (Å²) in [6.45, 7) is 14.8. The lowest BCUT2D eigenvalue weighted by molar-refractivity contribution is -0.134. The van der Waals surface area contributed by atoms with Crippen LogP contribution in [-0.4, -0.2) is 226 Å². The van der Waals surface area contributed by atoms with Crippen LogP contribution in [-0.2, 0) is 33.5 Å². The number of amides is 4. The number of rotatable bonds is 18. The molecule has 0 spiro atoms. The summed E-state index contributed by atoms with van der Waals surface area (Å²) in [5, 5.41) is 13.4. The number of carbonyl (C=O) groups is 8. The number of nitrogens with one attached hydrogen (secondary N) is 1. The second-order valence-electron chi connectivity index (χ2n) is 33.8. The first-order chi connectivity index (χ1) is 60.7. The van der Waals surface area contributed by atoms with Crippen LogP contribution < -0.4 is 34.7 Å². The maximum absolute atomic E-state index is 14.1. The molecule has 6 saturated heterocycles. The summed E-state index contributed by atoms with van der Waals surface area (Å²) in [5.41, 5.74) is 10.5. The number of Topliss-reactive ketones (excluding diaryl/α,β-unsaturated/α-hetero) is 4. The summed E-state index contributed by atoms with van der Waals surface area (Å²) >= 11 is 0. The maximum atomic E-state index is 14.1. The highest BCUT2D eigenvalue weighted by molar-refractivity contribution is 7.86. The molecule has 10 aliphatic rings. The number of anilines is 6. The average Bonchev–Trinajstić information content (AvgIpc) is 1.61. The highest BCUT2D eigenvalue weighted by Crippen LogP contribution is 2.41. The molecule has 2 unspecified atom stereocenters. The van der Waals surface area contributed by atoms with E-state index in [9.17, 15) is 55.6 Å². The quantitative estimate of drug-likeness (QED) is 0.0474. The Morgan fingerprint density at radius 1 is 0.448 bits per heavy atom. The number of carbonyl (C=O) groups excluding carboxylic acids is 8. The number of benzene rings is 5. The van der Waals surface area contributed by atoms with Gasteiger partial charge in [0.15, 0.2) is 22.9 Å². The van der Waals surface area contributed by atoms with Crippen molar-refractivity contribution in [3.63, 3.8) is 0 Å². The van der Waals surface area contributed by atoms with E-state index in [1.807, 2.05) is 100.0 Å². The van der Waals surface area contributed by atoms with Crippen molar-refractivity contribution < 1.29 is 59.7 Å². The zero-order chi connectivity index (χ0) is 85.9. The SMILES string of the molecule is Cc1ccc(S(=O)(=O)OCC2CN(c3ccc4c(c3)C(=O)N(C3CCC(=O)CC3=O)C4=O)C2)cc1.Fc1cccc([C@H]2CCCN2c2ccc3ncc(-c4cccc(N5CCNCC5)n4)n3n2)c1.O=C1CCC(N2C(=O)c3ccc(N4CC(CN5CCN(c6cccc(-c7cnc8ccc(N9CCC[C@@H]9c9cccc(F)c9)nn78)n6)CC5)C4)cc3C2=O)C(=O)C1. The van der Waals surface area contributed by atoms with Crippen molar-refractivity contribution in [3.05, 3.63) is 233 Å². The number of hydrogen-bond acceptors (Lipinski definition) is 25. The highest BCUT2D eigenvalue weighted by Gasteiger charge is 2.47. The molecule has 125 heavy (non-hydrogen) atoms. The van der Waals surface area contributed by atoms with Crippen LogP contribution in [0.15, 0.2) is 187 Å². The number of fused-ring (bicyclic) bond motifs is 4. The molecular weight excluding hydrogens is 1620 g/mol. The normalized spacial score (nSPS) is 20.8. The van der Waals surface area contributed by atoms with Gasteiger partial charge in [-0.1, -0.05) is 54.1 Å². The standard InChI is InChI=1S/C43H42FN9O4.C25H26FN7.C25H24N2O7S/c44-29-5-1-4-28(20-29)35-7-3-15-51(35)41-14-13-39-45-23-37(53(39)47-41)34-6-2-8-40(46-34)49-18-16-48(17-19-49)24-27-25-50(26-27)30-9-11-32-33(21-30)43(57)52(42(32)56)36-12-10-31(54)22-38(36)55;26-19-5-1-4-18(16-19)21-7-3-13-32(21)25-10-9-23-28-17-22(33(23)30-25)20-6-2-8-24(29-20)31-14-11-27-12-15-31;1-15-2-6-19(7-3-15)35(32,33)34-14-16-12-26(13-16)17-4-8-20-21(10-17)25(31)27(24(20)30)22-9-5-18(28)11-23(22)29/h1-2,4-6,8-9,11,13-14,20-21,23,27,35-36H,3,7,10,12,15-19,22,24-26H2;1-2,4-6,8-10,16-17,21,27H,3,7,11-15H2;2-4,6-8,10,16,22H,5,9,11-14H2,1H3/t35-,36?;21-;/m11./s1. The summed E-state index contributed by atoms with van der Waals surface area (Å²) in [5.74, 6) is 0.637. The van der Waals surface area contributed by atoms with Gasteiger partial charge in [-0.05, 0) is 178 Å². The Morgan fingerprint density at radius 2 is 0.912 bits per heavy atom. The molecule has 2 saturated carbocycles. The lowest BCUT2D eigenvalue weighted by Gasteiger charge is -2.45. The number of piperazine rings is 2. The molecule has 2 aliphatic carbocycles. The van der Waals surface area contributed by atoms with E-state index >= 15 is 0 Å². The third kappa shape index (κ3) is 16.5. The third-order valence-corrected chi connectivity index (χ3v) is 26.9. The number of imidazole rings is 2. The minimum atomic E-state index is -3.83. The lowest BCUT2D eigenvalue weighted by Crippen LogP contribution is -2.55. The van der Waals surface area contributed by atoms with Crippen LogP contribution in [0, 0.1) is 30.4 Å². The van der Waals surface area contributed by atoms with Crippen molar-refractivity contribution >= 4 is 103 Å². The monoisotopic (exact) mass is 1710 g/mol. The molecule has 32 heteroatoms. The van der Waals surface area contributed by atoms with Crippen molar-refractivity contribution in [1.29, 1.82) is 0 Å². The van der Waals surface area contributed by atoms with Crippen LogP contribution >= 0.6 is 0 Å². The van der Waals surface area contributed by atoms with Crippen molar-refractivity contribution in [2.24, 2.45) is 11.8 Å². The first kappa shape index (κ1) is 81.7. The number of halogens is 2. The molecular formula is C93H92F2N18O11S. The molecule has 5 aromatic carbocycles. The number of pyridine rings is 2. The van der Waals surface area contributed by atoms with Gasteiger partial charge in [0.1, 0.15) is 57.9 Å². The molecule has 29 nitrogen and oxygen atoms in total. The van der Waals surface area contributed by atoms with Crippen molar-refractivity contribution in [2.75, 3.05) is 134 Å². The topological polar surface area (TPSA) is 307 Å². The van der Waals surface area contributed by atoms with Gasteiger partial charge in [0, 0.05) is 134 Å². The van der Waals surface area contributed by atoms with E-state index in [0.29, 0.717) is 30.1 Å². The zero-order valence-corrected chi connectivity index (χ0v) is 69.7. The zero-order valence-electron chi connectivity index (χ0n) is 68.9. The van der Waals surface area contributed by atoms with E-state index < -0.39 is 51.6 Å². The van der Waals surface area contributed by atoms with Gasteiger partial charge in [-0.2, -0.15) is 8.42 Å². The minimum Gasteiger partial charge on any atom is -0.371 e. The van der Waals surface area contributed by atoms with E-state index in [0.717, 1.165) is 206 Å². The molecule has 0 radical (unpaired) electrons. The van der Waals surface area contributed by atoms with E-state index in [1.165, 1.54) is 24.3 Å². The molecule has 11 aromatic rings. The molecule has 8 aliphatic heterocycles. The first-order valence-corrected chi connectivity index (χ1v) is 44.3. The number of nitrogens with zero attached hydrogens (tertiary/aromatic N) is 17. The summed E-state index contributed by atoms with van der Waals surface area (Å²) in [4.78, 5) is 138. The van der Waals surface area contributed by atoms with Gasteiger partial charge in [0.25, 0.3) is 33.7 Å². The first-order valence-electron chi connectivity index (χ1n) is 42.9. The number of imide groups is 2. The molecule has 6 aromatic heterocycles. The Kier molecular flexibility index (Phi) is 22.4. The molecule has 14 heterocycles. The maximum Gasteiger partial charge on any atom is 0.296 e. The van der Waals surface area contributed by atoms with Crippen LogP contribution in [0.2, 0.25) is 0 Å². The molecule has 8 fully saturated rings. The van der Waals surface area contributed by atoms with Gasteiger partial charge < -0.3 is 34.7 Å². The Morgan fingerprint density at radius 3 is 1.39 bits per heavy atom. The van der Waals surface area contributed by atoms with E-state index in [1.54, 1.807) is 66.7 Å². The Bertz CT molecular complexity index is 6220. The van der Waals surface area contributed by atoms with Gasteiger partial charge in [0.2, 0.25) is 0 Å². The van der Waals surface area contributed by atoms with Crippen LogP contribution in [0.25, 0.3) is 34.1 Å². The minimum absolute atomic E-state index is 0.00490. The number of aryl methyl sites for hydroxylation is 1. The second-order valence-corrected chi connectivity index (χ2v) is 35.4. The molecule has 21 rings (SSSR count). The van der Waals surface area contributed by atoms with E-state index in [-0.39, 0.29) is 108 Å². The fourth-order valence-corrected chi connectivity index (χ4v) is 19.9. The summed E-state index contributed by atoms with van der Waals surface area (Å²) in [6.07, 6.45) is 7.90. The Labute approximate surface area is 719 Å². The molecule has 4 atom stereocenters. The summed E-state index contributed by atoms with van der Waals surface area (Å²) < 4.78 is 61.7. The van der Waals surface area contributed by atoms with E-state index in [2.05, 4.69) is 56.8 Å². The second kappa shape index (κ2) is 34.3. The fourth-order valence-electron chi connectivity index (χ4n) is 18.9. The Hall–Kier alpha value is -12.9. The molecule has 1 N–H and O–H groups in total. The van der Waals surface area contributed by atoms with Gasteiger partial charge in [-0.3, -0.25) is 57.2 Å². The molecule has 0 bridgehead atoms. The predicted molar refractivity (Wildman–Crippen MR) is 463 cm³/mol. The van der Waals surface area contributed by atoms with Gasteiger partial charge in [0.05, 0.1) is 94.5 Å². The smallest absolute Gasteiger partial charge is 0.296 e. The number of ketones is 4. The van der Waals surface area contributed by atoms with E-state index in [4.69, 9.17) is 24.3 Å². The highest BCUT2D eigenvalue weighted by atomic mass is 32.2. The Balaban J connectivity index is 0.000000130. The fraction of sp³-hybridized carbons (Fsp3) is 0.355. The van der Waals surface area contributed by atoms with Crippen LogP contribution in [0.3, 0.4) is 0 Å². The lowest BCUT2D eigenvalue weighted by atomic mass is 9.92. The van der Waals surface area contributed by atoms with Crippen molar-refractivity contribution in [2.45, 2.75) is 100 Å². The van der Waals surface area contributed by atoms with Gasteiger partial charge in [-0.25, -0.2) is 37.7 Å². The van der Waals surface area contributed by atoms with Gasteiger partial charge >= 0.3 is 0 Å². The molecule has 640 valence electrons. The third-order valence-electron chi connectivity index (χ3n) is 25.6.